The van der Waals surface area contributed by atoms with E-state index in [2.05, 4.69) is 20.3 Å². The maximum absolute atomic E-state index is 15.3. The molecule has 2 fully saturated rings. The molecule has 2 aromatic heterocycles. The molecule has 0 spiro atoms. The molecule has 0 aliphatic heterocycles. The van der Waals surface area contributed by atoms with Crippen molar-refractivity contribution in [2.45, 2.75) is 58.1 Å². The average Bonchev–Trinajstić information content (AvgIpc) is 3.42. The van der Waals surface area contributed by atoms with Crippen LogP contribution in [0.4, 0.5) is 4.39 Å². The average molecular weight is 439 g/mol. The van der Waals surface area contributed by atoms with Gasteiger partial charge in [0.2, 0.25) is 0 Å². The molecule has 1 amide bonds. The Bertz CT molecular complexity index is 1190. The first-order valence-electron chi connectivity index (χ1n) is 11.2. The number of nitrogens with one attached hydrogen (secondary N) is 2. The van der Waals surface area contributed by atoms with Gasteiger partial charge in [-0.1, -0.05) is 6.07 Å². The van der Waals surface area contributed by atoms with Gasteiger partial charge in [0.15, 0.2) is 0 Å². The molecule has 1 aromatic carbocycles. The van der Waals surface area contributed by atoms with Gasteiger partial charge in [0, 0.05) is 5.69 Å². The van der Waals surface area contributed by atoms with Crippen molar-refractivity contribution in [1.82, 2.24) is 20.3 Å². The third kappa shape index (κ3) is 3.72. The molecule has 0 saturated heterocycles. The smallest absolute Gasteiger partial charge is 0.255 e. The number of aryl methyl sites for hydroxylation is 2. The summed E-state index contributed by atoms with van der Waals surface area (Å²) in [5.41, 5.74) is 3.04. The van der Waals surface area contributed by atoms with E-state index in [-0.39, 0.29) is 17.5 Å². The van der Waals surface area contributed by atoms with Crippen molar-refractivity contribution >= 4 is 16.9 Å². The lowest BCUT2D eigenvalue weighted by Crippen LogP contribution is -2.40. The number of carbonyl (C=O) groups excluding carboxylic acids is 1. The highest BCUT2D eigenvalue weighted by atomic mass is 19.1. The number of aromatic nitrogens is 3. The summed E-state index contributed by atoms with van der Waals surface area (Å²) in [6, 6.07) is 3.20. The summed E-state index contributed by atoms with van der Waals surface area (Å²) in [6.45, 7) is 4.03. The quantitative estimate of drug-likeness (QED) is 0.543. The van der Waals surface area contributed by atoms with E-state index >= 15 is 4.39 Å². The molecular weight excluding hydrogens is 411 g/mol. The maximum Gasteiger partial charge on any atom is 0.255 e. The molecule has 8 heteroatoms. The number of amides is 1. The molecule has 7 nitrogen and oxygen atoms in total. The number of fused-ring (bicyclic) bond motifs is 1. The zero-order chi connectivity index (χ0) is 22.4. The summed E-state index contributed by atoms with van der Waals surface area (Å²) in [7, 11) is 0. The number of aromatic amines is 1. The monoisotopic (exact) mass is 438 g/mol. The number of benzene rings is 1. The summed E-state index contributed by atoms with van der Waals surface area (Å²) in [4.78, 5) is 25.0. The molecular formula is C24H27FN4O3. The van der Waals surface area contributed by atoms with E-state index < -0.39 is 11.9 Å². The van der Waals surface area contributed by atoms with Crippen LogP contribution in [0.3, 0.4) is 0 Å². The maximum atomic E-state index is 15.3. The Kier molecular flexibility index (Phi) is 5.33. The molecule has 0 bridgehead atoms. The number of aliphatic hydroxyl groups excluding tert-OH is 1. The third-order valence-electron chi connectivity index (χ3n) is 6.50. The zero-order valence-electron chi connectivity index (χ0n) is 18.2. The molecule has 3 aromatic rings. The van der Waals surface area contributed by atoms with E-state index in [0.29, 0.717) is 58.2 Å². The van der Waals surface area contributed by atoms with E-state index in [1.165, 1.54) is 6.33 Å². The van der Waals surface area contributed by atoms with Gasteiger partial charge >= 0.3 is 0 Å². The number of halogens is 1. The summed E-state index contributed by atoms with van der Waals surface area (Å²) >= 11 is 0. The second kappa shape index (κ2) is 8.16. The van der Waals surface area contributed by atoms with Crippen molar-refractivity contribution in [3.8, 4) is 17.0 Å². The fraction of sp³-hybridized carbons (Fsp3) is 0.458. The number of aliphatic hydroxyl groups is 1. The summed E-state index contributed by atoms with van der Waals surface area (Å²) < 4.78 is 21.3. The van der Waals surface area contributed by atoms with Gasteiger partial charge in [-0.25, -0.2) is 14.4 Å². The second-order valence-electron chi connectivity index (χ2n) is 8.97. The second-order valence-corrected chi connectivity index (χ2v) is 8.97. The number of hydrogen-bond donors (Lipinski definition) is 3. The lowest BCUT2D eigenvalue weighted by Gasteiger charge is -2.16. The van der Waals surface area contributed by atoms with Gasteiger partial charge in [-0.05, 0) is 63.5 Å². The molecule has 168 valence electrons. The molecule has 2 aliphatic rings. The largest absolute Gasteiger partial charge is 0.492 e. The van der Waals surface area contributed by atoms with Crippen LogP contribution in [-0.2, 0) is 0 Å². The fourth-order valence-corrected chi connectivity index (χ4v) is 4.43. The van der Waals surface area contributed by atoms with Gasteiger partial charge in [-0.2, -0.15) is 0 Å². The Labute approximate surface area is 185 Å². The Morgan fingerprint density at radius 1 is 1.25 bits per heavy atom. The van der Waals surface area contributed by atoms with Crippen molar-refractivity contribution in [1.29, 1.82) is 0 Å². The number of carbonyl (C=O) groups is 1. The first-order chi connectivity index (χ1) is 15.4. The number of ether oxygens (including phenoxy) is 1. The van der Waals surface area contributed by atoms with Gasteiger partial charge < -0.3 is 20.1 Å². The number of H-pyrrole nitrogens is 1. The Hall–Kier alpha value is -3.00. The Morgan fingerprint density at radius 2 is 2.06 bits per heavy atom. The predicted octanol–water partition coefficient (Wildman–Crippen LogP) is 3.81. The Morgan fingerprint density at radius 3 is 2.78 bits per heavy atom. The van der Waals surface area contributed by atoms with Gasteiger partial charge in [-0.15, -0.1) is 0 Å². The van der Waals surface area contributed by atoms with E-state index in [9.17, 15) is 9.90 Å². The van der Waals surface area contributed by atoms with E-state index in [4.69, 9.17) is 4.74 Å². The van der Waals surface area contributed by atoms with Crippen LogP contribution in [0.25, 0.3) is 22.3 Å². The van der Waals surface area contributed by atoms with Crippen molar-refractivity contribution in [3.05, 3.63) is 41.1 Å². The normalized spacial score (nSPS) is 20.6. The van der Waals surface area contributed by atoms with Crippen molar-refractivity contribution in [3.63, 3.8) is 0 Å². The van der Waals surface area contributed by atoms with Crippen molar-refractivity contribution in [2.24, 2.45) is 5.92 Å². The van der Waals surface area contributed by atoms with E-state index in [1.54, 1.807) is 26.0 Å². The van der Waals surface area contributed by atoms with Crippen LogP contribution in [0.15, 0.2) is 18.5 Å². The predicted molar refractivity (Wildman–Crippen MR) is 118 cm³/mol. The van der Waals surface area contributed by atoms with Crippen LogP contribution in [0.1, 0.15) is 53.7 Å². The molecule has 32 heavy (non-hydrogen) atoms. The van der Waals surface area contributed by atoms with Crippen LogP contribution in [0.5, 0.6) is 5.75 Å². The van der Waals surface area contributed by atoms with Crippen molar-refractivity contribution in [2.75, 3.05) is 6.61 Å². The molecule has 5 rings (SSSR count). The summed E-state index contributed by atoms with van der Waals surface area (Å²) in [5, 5.41) is 13.0. The number of hydrogen-bond acceptors (Lipinski definition) is 5. The van der Waals surface area contributed by atoms with Gasteiger partial charge in [0.05, 0.1) is 35.4 Å². The van der Waals surface area contributed by atoms with Crippen LogP contribution in [-0.4, -0.2) is 44.7 Å². The standard InChI is InChI=1S/C24H27FN4O3/c1-12-6-9-17(32-10-14-7-8-14)19(20(12)25)22-23-21(26-11-27-22)18(13(2)28-23)24(31)29-15-4-3-5-16(15)30/h6,9,11,14-16,28,30H,3-5,7-8,10H2,1-2H3,(H,29,31)/t15-,16+/m0/s1. The van der Waals surface area contributed by atoms with Crippen LogP contribution < -0.4 is 10.1 Å². The van der Waals surface area contributed by atoms with Crippen LogP contribution in [0.2, 0.25) is 0 Å². The third-order valence-corrected chi connectivity index (χ3v) is 6.50. The summed E-state index contributed by atoms with van der Waals surface area (Å²) in [5.74, 6) is 0.254. The minimum Gasteiger partial charge on any atom is -0.492 e. The first-order valence-corrected chi connectivity index (χ1v) is 11.2. The zero-order valence-corrected chi connectivity index (χ0v) is 18.2. The molecule has 0 unspecified atom stereocenters. The van der Waals surface area contributed by atoms with Crippen LogP contribution in [0, 0.1) is 25.6 Å². The highest BCUT2D eigenvalue weighted by Crippen LogP contribution is 2.39. The lowest BCUT2D eigenvalue weighted by atomic mass is 10.0. The minimum atomic E-state index is -0.540. The van der Waals surface area contributed by atoms with Gasteiger partial charge in [0.25, 0.3) is 5.91 Å². The Balaban J connectivity index is 1.57. The topological polar surface area (TPSA) is 100 Å². The van der Waals surface area contributed by atoms with E-state index in [1.807, 2.05) is 0 Å². The van der Waals surface area contributed by atoms with Gasteiger partial charge in [0.1, 0.15) is 29.1 Å². The first kappa shape index (κ1) is 20.9. The fourth-order valence-electron chi connectivity index (χ4n) is 4.43. The van der Waals surface area contributed by atoms with Gasteiger partial charge in [-0.3, -0.25) is 4.79 Å². The molecule has 2 heterocycles. The molecule has 2 atom stereocenters. The van der Waals surface area contributed by atoms with Crippen LogP contribution >= 0.6 is 0 Å². The molecule has 0 radical (unpaired) electrons. The van der Waals surface area contributed by atoms with E-state index in [0.717, 1.165) is 25.7 Å². The number of rotatable bonds is 6. The molecule has 2 aliphatic carbocycles. The summed E-state index contributed by atoms with van der Waals surface area (Å²) in [6.07, 6.45) is 5.37. The lowest BCUT2D eigenvalue weighted by molar-refractivity contribution is 0.0874. The minimum absolute atomic E-state index is 0.273. The SMILES string of the molecule is Cc1ccc(OCC2CC2)c(-c2ncnc3c(C(=O)N[C@H]4CCC[C@H]4O)c(C)[nH]c23)c1F. The number of nitrogens with zero attached hydrogens (tertiary/aromatic N) is 2. The highest BCUT2D eigenvalue weighted by Gasteiger charge is 2.30. The molecule has 3 N–H and O–H groups in total. The highest BCUT2D eigenvalue weighted by molar-refractivity contribution is 6.09. The molecule has 2 saturated carbocycles. The van der Waals surface area contributed by atoms with Crippen molar-refractivity contribution < 1.29 is 19.0 Å².